The van der Waals surface area contributed by atoms with Crippen LogP contribution in [-0.4, -0.2) is 296 Å². The molecule has 0 radical (unpaired) electrons. The van der Waals surface area contributed by atoms with Crippen LogP contribution in [0.4, 0.5) is 22.0 Å². The molecule has 3 aliphatic heterocycles. The van der Waals surface area contributed by atoms with E-state index in [1.54, 1.807) is 0 Å². The minimum absolute atomic E-state index is 0.00858. The Labute approximate surface area is 817 Å². The van der Waals surface area contributed by atoms with E-state index >= 15 is 0 Å². The average molecular weight is 2040 g/mol. The number of nitrogens with one attached hydrogen (secondary N) is 10. The summed E-state index contributed by atoms with van der Waals surface area (Å²) < 4.78 is 158. The second-order valence-electron chi connectivity index (χ2n) is 33.7. The highest BCUT2D eigenvalue weighted by atomic mass is 19.2. The number of carbonyl (C=O) groups is 20. The van der Waals surface area contributed by atoms with Gasteiger partial charge in [-0.3, -0.25) is 95.9 Å². The molecule has 16 unspecified atom stereocenters. The fourth-order valence-electron chi connectivity index (χ4n) is 15.2. The van der Waals surface area contributed by atoms with Crippen molar-refractivity contribution in [2.45, 2.75) is 323 Å². The normalized spacial score (nSPS) is 21.0. The van der Waals surface area contributed by atoms with Crippen LogP contribution >= 0.6 is 0 Å². The van der Waals surface area contributed by atoms with Crippen LogP contribution in [0.1, 0.15) is 231 Å². The molecule has 142 heavy (non-hydrogen) atoms. The van der Waals surface area contributed by atoms with Gasteiger partial charge < -0.3 is 129 Å². The Morgan fingerprint density at radius 3 is 0.859 bits per heavy atom. The molecule has 51 heteroatoms. The number of carbonyl (C=O) groups excluding carboxylic acids is 20. The van der Waals surface area contributed by atoms with Crippen LogP contribution in [0.15, 0.2) is 0 Å². The predicted octanol–water partition coefficient (Wildman–Crippen LogP) is 2.32. The third kappa shape index (κ3) is 47.7. The quantitative estimate of drug-likeness (QED) is 0.00851. The van der Waals surface area contributed by atoms with Crippen LogP contribution in [0, 0.1) is 40.9 Å². The highest BCUT2D eigenvalue weighted by molar-refractivity contribution is 5.85. The molecule has 3 saturated heterocycles. The molecule has 1 aromatic carbocycles. The molecule has 16 atom stereocenters. The molecule has 46 nitrogen and oxygen atoms in total. The van der Waals surface area contributed by atoms with Gasteiger partial charge in [0.1, 0.15) is 56.3 Å². The number of amides is 10. The van der Waals surface area contributed by atoms with Gasteiger partial charge in [0.25, 0.3) is 0 Å². The Morgan fingerprint density at radius 1 is 0.289 bits per heavy atom. The molecule has 10 N–H and O–H groups in total. The van der Waals surface area contributed by atoms with Gasteiger partial charge in [0.05, 0.1) is 0 Å². The monoisotopic (exact) mass is 2040 g/mol. The zero-order valence-corrected chi connectivity index (χ0v) is 81.9. The van der Waals surface area contributed by atoms with E-state index in [1.807, 2.05) is 0 Å². The van der Waals surface area contributed by atoms with Crippen molar-refractivity contribution < 1.29 is 194 Å². The largest absolute Gasteiger partial charge is 0.463 e. The number of unbranched alkanes of at least 4 members (excludes halogenated alkanes) is 7. The SMILES string of the molecule is CC(=O)NC1C(OCCCCCC(=O)NCCCNC(=O)CC(CC(=O)NCCCNC(=O)CCCCCOC2OC(COC(C)=O)C(OC(C)=O)C(OC(C)=O)C2NC(C)=O)C(CCCCNC(=O)CCCC(=O)Oc2c(F)c(F)c(F)c(F)c2F)C(=O)NCCCNC(=O)CCCCCOC2OC(COC(C)=O)C(OC(C)=O)C(OC(C)=O)C2NC(C)=O)OC(COC(C)=O)C(OC(C)=O)C1OC(C)=O. The van der Waals surface area contributed by atoms with E-state index in [4.69, 9.17) is 71.1 Å². The molecule has 10 amide bonds. The summed E-state index contributed by atoms with van der Waals surface area (Å²) in [6.45, 7) is 12.3. The van der Waals surface area contributed by atoms with Gasteiger partial charge >= 0.3 is 59.7 Å². The van der Waals surface area contributed by atoms with E-state index in [-0.39, 0.29) is 154 Å². The van der Waals surface area contributed by atoms with Crippen LogP contribution in [0.2, 0.25) is 0 Å². The predicted molar refractivity (Wildman–Crippen MR) is 476 cm³/mol. The Kier molecular flexibility index (Phi) is 56.8. The number of hydrogen-bond donors (Lipinski definition) is 10. The minimum atomic E-state index is -2.48. The third-order valence-electron chi connectivity index (χ3n) is 21.4. The third-order valence-corrected chi connectivity index (χ3v) is 21.4. The van der Waals surface area contributed by atoms with Crippen LogP contribution in [-0.2, 0) is 167 Å². The van der Waals surface area contributed by atoms with Crippen molar-refractivity contribution in [3.05, 3.63) is 29.1 Å². The summed E-state index contributed by atoms with van der Waals surface area (Å²) in [5.74, 6) is -29.5. The summed E-state index contributed by atoms with van der Waals surface area (Å²) in [5, 5.41) is 27.2. The van der Waals surface area contributed by atoms with Crippen molar-refractivity contribution in [2.75, 3.05) is 85.5 Å². The average Bonchev–Trinajstić information content (AvgIpc) is 0.775. The van der Waals surface area contributed by atoms with Crippen LogP contribution < -0.4 is 57.9 Å². The summed E-state index contributed by atoms with van der Waals surface area (Å²) in [6.07, 6.45) is -13.4. The lowest BCUT2D eigenvalue weighted by atomic mass is 9.82. The first kappa shape index (κ1) is 122. The van der Waals surface area contributed by atoms with Crippen LogP contribution in [0.5, 0.6) is 5.75 Å². The molecule has 0 aromatic heterocycles. The van der Waals surface area contributed by atoms with Gasteiger partial charge in [-0.15, -0.1) is 0 Å². The van der Waals surface area contributed by atoms with Gasteiger partial charge in [0.2, 0.25) is 93.9 Å². The number of benzene rings is 1. The standard InChI is InChI=1S/C91H135F5N10O36/c1-49(107)104-78-85(136-58(10)116)81(133-55(7)113)63(46-130-52(4)110)139-89(78)127-41-21-13-16-29-66(119)98-35-25-38-101-70(123)44-61(45-71(124)102-39-26-36-99-67(120)30-17-14-22-42-128-90-79(105-50(2)108)86(137-59(11)117)82(134-56(8)114)64(140-90)47-131-53(5)111)62(28-19-20-34-97-69(122)32-24-33-72(125)142-84-76(95)74(93)73(92)75(94)77(84)96)88(126)103-40-27-37-100-68(121)31-18-15-23-43-129-91-80(106-51(3)109)87(138-60(12)118)83(135-57(9)115)65(141-91)48-132-54(6)112/h61-65,78-83,85-87,89-91H,13-48H2,1-12H3,(H,97,122)(H,98,119)(H,99,120)(H,100,121)(H,101,123)(H,102,124)(H,103,126)(H,104,107)(H,105,108)(H,106,109). The summed E-state index contributed by atoms with van der Waals surface area (Å²) in [6, 6.07) is -3.60. The van der Waals surface area contributed by atoms with Crippen molar-refractivity contribution >= 4 is 119 Å². The van der Waals surface area contributed by atoms with Gasteiger partial charge in [0.15, 0.2) is 55.5 Å². The number of ether oxygens (including phenoxy) is 16. The lowest BCUT2D eigenvalue weighted by Gasteiger charge is -2.44. The van der Waals surface area contributed by atoms with Gasteiger partial charge in [-0.05, 0) is 83.0 Å². The first-order valence-corrected chi connectivity index (χ1v) is 46.9. The number of rotatable bonds is 64. The first-order valence-electron chi connectivity index (χ1n) is 46.9. The maximum absolute atomic E-state index is 14.7. The van der Waals surface area contributed by atoms with Gasteiger partial charge in [-0.2, -0.15) is 8.78 Å². The summed E-state index contributed by atoms with van der Waals surface area (Å²) in [7, 11) is 0. The molecular weight excluding hydrogens is 1900 g/mol. The van der Waals surface area contributed by atoms with Crippen molar-refractivity contribution in [3.8, 4) is 5.75 Å². The van der Waals surface area contributed by atoms with E-state index in [1.165, 1.54) is 20.8 Å². The Morgan fingerprint density at radius 2 is 0.563 bits per heavy atom. The summed E-state index contributed by atoms with van der Waals surface area (Å²) in [4.78, 5) is 254. The first-order chi connectivity index (χ1) is 67.3. The van der Waals surface area contributed by atoms with E-state index in [9.17, 15) is 118 Å². The van der Waals surface area contributed by atoms with Gasteiger partial charge in [-0.1, -0.05) is 25.7 Å². The number of hydrogen-bond acceptors (Lipinski definition) is 36. The molecule has 3 heterocycles. The Bertz CT molecular complexity index is 4220. The lowest BCUT2D eigenvalue weighted by molar-refractivity contribution is -0.277. The van der Waals surface area contributed by atoms with E-state index in [0.29, 0.717) is 57.8 Å². The minimum Gasteiger partial charge on any atom is -0.463 e. The molecule has 4 rings (SSSR count). The highest BCUT2D eigenvalue weighted by Gasteiger charge is 2.55. The van der Waals surface area contributed by atoms with Crippen LogP contribution in [0.3, 0.4) is 0 Å². The molecular formula is C91H135F5N10O36. The lowest BCUT2D eigenvalue weighted by Crippen LogP contribution is -2.66. The second kappa shape index (κ2) is 66.0. The fraction of sp³-hybridized carbons (Fsp3) is 0.714. The second-order valence-corrected chi connectivity index (χ2v) is 33.7. The van der Waals surface area contributed by atoms with E-state index < -0.39 is 279 Å². The van der Waals surface area contributed by atoms with Gasteiger partial charge in [0, 0.05) is 200 Å². The highest BCUT2D eigenvalue weighted by Crippen LogP contribution is 2.35. The zero-order valence-electron chi connectivity index (χ0n) is 81.9. The number of esters is 10. The van der Waals surface area contributed by atoms with Crippen molar-refractivity contribution in [2.24, 2.45) is 11.8 Å². The zero-order chi connectivity index (χ0) is 106. The molecule has 0 spiro atoms. The Hall–Kier alpha value is -12.0. The molecule has 3 fully saturated rings. The molecule has 1 aromatic rings. The topological polar surface area (TPSA) is 609 Å². The summed E-state index contributed by atoms with van der Waals surface area (Å²) >= 11 is 0. The Balaban J connectivity index is 1.46. The molecule has 0 saturated carbocycles. The van der Waals surface area contributed by atoms with Crippen molar-refractivity contribution in [1.82, 2.24) is 53.2 Å². The maximum Gasteiger partial charge on any atom is 0.311 e. The molecule has 800 valence electrons. The van der Waals surface area contributed by atoms with Crippen molar-refractivity contribution in [1.29, 1.82) is 0 Å². The fourth-order valence-corrected chi connectivity index (χ4v) is 15.2. The molecule has 3 aliphatic rings. The van der Waals surface area contributed by atoms with Crippen LogP contribution in [0.25, 0.3) is 0 Å². The maximum atomic E-state index is 14.7. The summed E-state index contributed by atoms with van der Waals surface area (Å²) in [5.41, 5.74) is 0. The molecule has 0 bridgehead atoms. The molecule has 0 aliphatic carbocycles. The smallest absolute Gasteiger partial charge is 0.311 e. The van der Waals surface area contributed by atoms with E-state index in [2.05, 4.69) is 57.9 Å². The van der Waals surface area contributed by atoms with E-state index in [0.717, 1.165) is 62.3 Å². The number of halogens is 5. The van der Waals surface area contributed by atoms with Gasteiger partial charge in [-0.25, -0.2) is 13.2 Å². The van der Waals surface area contributed by atoms with Crippen molar-refractivity contribution in [3.63, 3.8) is 0 Å².